The van der Waals surface area contributed by atoms with Crippen LogP contribution in [0, 0.1) is 17.1 Å². The van der Waals surface area contributed by atoms with Crippen molar-refractivity contribution in [3.63, 3.8) is 0 Å². The minimum absolute atomic E-state index is 0.0975. The zero-order chi connectivity index (χ0) is 13.1. The zero-order valence-corrected chi connectivity index (χ0v) is 8.98. The van der Waals surface area contributed by atoms with Crippen LogP contribution in [0.15, 0.2) is 34.7 Å². The third-order valence-electron chi connectivity index (χ3n) is 2.17. The Labute approximate surface area is 101 Å². The van der Waals surface area contributed by atoms with E-state index in [1.165, 1.54) is 24.3 Å². The normalized spacial score (nSPS) is 9.78. The summed E-state index contributed by atoms with van der Waals surface area (Å²) in [6.45, 7) is 0. The number of aromatic carboxylic acids is 1. The van der Waals surface area contributed by atoms with Gasteiger partial charge in [-0.25, -0.2) is 9.18 Å². The summed E-state index contributed by atoms with van der Waals surface area (Å²) >= 11 is 0. The molecule has 1 aromatic carbocycles. The number of nitrogens with zero attached hydrogens (tertiary/aromatic N) is 1. The largest absolute Gasteiger partial charge is 0.475 e. The van der Waals surface area contributed by atoms with E-state index in [0.29, 0.717) is 0 Å². The van der Waals surface area contributed by atoms with E-state index in [4.69, 9.17) is 14.8 Å². The summed E-state index contributed by atoms with van der Waals surface area (Å²) in [6.07, 6.45) is 0. The highest BCUT2D eigenvalue weighted by molar-refractivity contribution is 5.85. The Morgan fingerprint density at radius 3 is 2.72 bits per heavy atom. The molecule has 0 amide bonds. The van der Waals surface area contributed by atoms with Gasteiger partial charge in [0.25, 0.3) is 0 Å². The van der Waals surface area contributed by atoms with Crippen molar-refractivity contribution in [3.05, 3.63) is 47.5 Å². The molecule has 90 valence electrons. The Hall–Kier alpha value is -2.81. The molecule has 0 aliphatic rings. The van der Waals surface area contributed by atoms with Crippen LogP contribution in [0.2, 0.25) is 0 Å². The average Bonchev–Trinajstić information content (AvgIpc) is 2.80. The molecule has 0 saturated carbocycles. The number of nitrogens with one attached hydrogen (secondary N) is 1. The Morgan fingerprint density at radius 2 is 2.17 bits per heavy atom. The van der Waals surface area contributed by atoms with E-state index >= 15 is 0 Å². The highest BCUT2D eigenvalue weighted by Crippen LogP contribution is 2.22. The molecule has 1 aromatic heterocycles. The van der Waals surface area contributed by atoms with Crippen molar-refractivity contribution in [2.24, 2.45) is 0 Å². The van der Waals surface area contributed by atoms with Gasteiger partial charge >= 0.3 is 5.97 Å². The summed E-state index contributed by atoms with van der Waals surface area (Å²) in [5.41, 5.74) is 0.295. The van der Waals surface area contributed by atoms with Gasteiger partial charge in [-0.3, -0.25) is 0 Å². The minimum Gasteiger partial charge on any atom is -0.475 e. The first-order valence-electron chi connectivity index (χ1n) is 4.90. The lowest BCUT2D eigenvalue weighted by atomic mass is 10.2. The second-order valence-electron chi connectivity index (χ2n) is 3.40. The monoisotopic (exact) mass is 246 g/mol. The molecule has 0 saturated heterocycles. The van der Waals surface area contributed by atoms with Gasteiger partial charge in [0, 0.05) is 6.07 Å². The SMILES string of the molecule is N#Cc1ccc(Nc2ccc(C(=O)O)o2)c(F)c1. The summed E-state index contributed by atoms with van der Waals surface area (Å²) in [4.78, 5) is 10.6. The number of hydrogen-bond acceptors (Lipinski definition) is 4. The van der Waals surface area contributed by atoms with Crippen molar-refractivity contribution in [1.82, 2.24) is 0 Å². The third-order valence-corrected chi connectivity index (χ3v) is 2.17. The lowest BCUT2D eigenvalue weighted by Gasteiger charge is -2.04. The molecular formula is C12H7FN2O3. The van der Waals surface area contributed by atoms with E-state index in [1.54, 1.807) is 0 Å². The number of halogens is 1. The van der Waals surface area contributed by atoms with Crippen LogP contribution in [0.25, 0.3) is 0 Å². The number of rotatable bonds is 3. The number of hydrogen-bond donors (Lipinski definition) is 2. The fourth-order valence-corrected chi connectivity index (χ4v) is 1.34. The maximum atomic E-state index is 13.5. The Bertz CT molecular complexity index is 643. The fraction of sp³-hybridized carbons (Fsp3) is 0. The highest BCUT2D eigenvalue weighted by atomic mass is 19.1. The minimum atomic E-state index is -1.21. The molecular weight excluding hydrogens is 239 g/mol. The number of nitriles is 1. The zero-order valence-electron chi connectivity index (χ0n) is 8.98. The highest BCUT2D eigenvalue weighted by Gasteiger charge is 2.10. The molecule has 5 nitrogen and oxygen atoms in total. The average molecular weight is 246 g/mol. The van der Waals surface area contributed by atoms with Gasteiger partial charge in [0.05, 0.1) is 17.3 Å². The Morgan fingerprint density at radius 1 is 1.39 bits per heavy atom. The van der Waals surface area contributed by atoms with Gasteiger partial charge in [0.15, 0.2) is 5.88 Å². The summed E-state index contributed by atoms with van der Waals surface area (Å²) in [6, 6.07) is 8.32. The van der Waals surface area contributed by atoms with Crippen LogP contribution in [0.5, 0.6) is 0 Å². The van der Waals surface area contributed by atoms with Gasteiger partial charge in [-0.1, -0.05) is 0 Å². The molecule has 0 fully saturated rings. The number of furan rings is 1. The summed E-state index contributed by atoms with van der Waals surface area (Å²) in [5, 5.41) is 19.8. The molecule has 0 radical (unpaired) electrons. The van der Waals surface area contributed by atoms with E-state index in [2.05, 4.69) is 5.32 Å². The standard InChI is InChI=1S/C12H7FN2O3/c13-8-5-7(6-14)1-2-9(8)15-11-4-3-10(18-11)12(16)17/h1-5,15H,(H,16,17). The lowest BCUT2D eigenvalue weighted by Crippen LogP contribution is -1.94. The maximum Gasteiger partial charge on any atom is 0.371 e. The number of carboxylic acid groups (broad SMARTS) is 1. The first-order chi connectivity index (χ1) is 8.60. The summed E-state index contributed by atoms with van der Waals surface area (Å²) in [7, 11) is 0. The molecule has 0 unspecified atom stereocenters. The molecule has 2 rings (SSSR count). The van der Waals surface area contributed by atoms with E-state index in [-0.39, 0.29) is 22.9 Å². The van der Waals surface area contributed by atoms with Crippen LogP contribution in [0.4, 0.5) is 16.0 Å². The smallest absolute Gasteiger partial charge is 0.371 e. The molecule has 0 aliphatic heterocycles. The van der Waals surface area contributed by atoms with E-state index in [0.717, 1.165) is 6.07 Å². The van der Waals surface area contributed by atoms with Gasteiger partial charge < -0.3 is 14.8 Å². The van der Waals surface area contributed by atoms with Crippen molar-refractivity contribution in [2.75, 3.05) is 5.32 Å². The van der Waals surface area contributed by atoms with Gasteiger partial charge in [0.1, 0.15) is 5.82 Å². The number of carbonyl (C=O) groups is 1. The number of benzene rings is 1. The molecule has 0 atom stereocenters. The van der Waals surface area contributed by atoms with Gasteiger partial charge in [-0.05, 0) is 24.3 Å². The second-order valence-corrected chi connectivity index (χ2v) is 3.40. The maximum absolute atomic E-state index is 13.5. The number of carboxylic acids is 1. The van der Waals surface area contributed by atoms with Crippen LogP contribution in [0.1, 0.15) is 16.1 Å². The van der Waals surface area contributed by atoms with Crippen molar-refractivity contribution in [2.45, 2.75) is 0 Å². The first kappa shape index (κ1) is 11.7. The molecule has 2 N–H and O–H groups in total. The van der Waals surface area contributed by atoms with Gasteiger partial charge in [0.2, 0.25) is 5.76 Å². The van der Waals surface area contributed by atoms with Gasteiger partial charge in [-0.15, -0.1) is 0 Å². The van der Waals surface area contributed by atoms with Crippen LogP contribution in [-0.2, 0) is 0 Å². The quantitative estimate of drug-likeness (QED) is 0.869. The molecule has 0 spiro atoms. The van der Waals surface area contributed by atoms with Crippen molar-refractivity contribution in [1.29, 1.82) is 5.26 Å². The topological polar surface area (TPSA) is 86.3 Å². The Balaban J connectivity index is 2.23. The van der Waals surface area contributed by atoms with E-state index < -0.39 is 11.8 Å². The molecule has 0 bridgehead atoms. The van der Waals surface area contributed by atoms with Crippen LogP contribution in [-0.4, -0.2) is 11.1 Å². The van der Waals surface area contributed by atoms with E-state index in [9.17, 15) is 9.18 Å². The summed E-state index contributed by atoms with van der Waals surface area (Å²) in [5.74, 6) is -1.96. The first-order valence-corrected chi connectivity index (χ1v) is 4.90. The van der Waals surface area contributed by atoms with Crippen LogP contribution < -0.4 is 5.32 Å². The molecule has 0 aliphatic carbocycles. The fourth-order valence-electron chi connectivity index (χ4n) is 1.34. The summed E-state index contributed by atoms with van der Waals surface area (Å²) < 4.78 is 18.4. The second kappa shape index (κ2) is 4.59. The molecule has 6 heteroatoms. The predicted octanol–water partition coefficient (Wildman–Crippen LogP) is 2.73. The third kappa shape index (κ3) is 2.30. The van der Waals surface area contributed by atoms with Crippen LogP contribution in [0.3, 0.4) is 0 Å². The number of anilines is 2. The van der Waals surface area contributed by atoms with Crippen molar-refractivity contribution < 1.29 is 18.7 Å². The van der Waals surface area contributed by atoms with Crippen molar-refractivity contribution in [3.8, 4) is 6.07 Å². The van der Waals surface area contributed by atoms with E-state index in [1.807, 2.05) is 6.07 Å². The Kier molecular flexibility index (Phi) is 2.98. The molecule has 1 heterocycles. The van der Waals surface area contributed by atoms with Crippen LogP contribution >= 0.6 is 0 Å². The molecule has 18 heavy (non-hydrogen) atoms. The predicted molar refractivity (Wildman–Crippen MR) is 60.1 cm³/mol. The van der Waals surface area contributed by atoms with Crippen molar-refractivity contribution >= 4 is 17.5 Å². The van der Waals surface area contributed by atoms with Gasteiger partial charge in [-0.2, -0.15) is 5.26 Å². The lowest BCUT2D eigenvalue weighted by molar-refractivity contribution is 0.0663. The molecule has 2 aromatic rings.